The van der Waals surface area contributed by atoms with Crippen LogP contribution < -0.4 is 16.4 Å². The van der Waals surface area contributed by atoms with Crippen molar-refractivity contribution in [3.63, 3.8) is 0 Å². The Hall–Kier alpha value is -2.20. The number of urea groups is 1. The van der Waals surface area contributed by atoms with Crippen molar-refractivity contribution in [2.75, 3.05) is 16.4 Å². The van der Waals surface area contributed by atoms with Crippen molar-refractivity contribution >= 4 is 34.7 Å². The van der Waals surface area contributed by atoms with Crippen LogP contribution in [0.3, 0.4) is 0 Å². The zero-order valence-corrected chi connectivity index (χ0v) is 11.2. The summed E-state index contributed by atoms with van der Waals surface area (Å²) in [7, 11) is 0. The SMILES string of the molecule is Cc1ccc(NC(=O)Nc2ccccc2Cl)cc1N. The Morgan fingerprint density at radius 1 is 1.16 bits per heavy atom. The summed E-state index contributed by atoms with van der Waals surface area (Å²) in [6, 6.07) is 12.0. The average molecular weight is 276 g/mol. The first-order valence-electron chi connectivity index (χ1n) is 5.75. The Morgan fingerprint density at radius 2 is 1.89 bits per heavy atom. The van der Waals surface area contributed by atoms with Crippen LogP contribution in [-0.2, 0) is 0 Å². The van der Waals surface area contributed by atoms with Crippen LogP contribution in [0.4, 0.5) is 21.9 Å². The van der Waals surface area contributed by atoms with Gasteiger partial charge in [-0.25, -0.2) is 4.79 Å². The van der Waals surface area contributed by atoms with Gasteiger partial charge in [-0.2, -0.15) is 0 Å². The predicted octanol–water partition coefficient (Wildman–Crippen LogP) is 3.87. The number of carbonyl (C=O) groups excluding carboxylic acids is 1. The summed E-state index contributed by atoms with van der Waals surface area (Å²) in [5.74, 6) is 0. The lowest BCUT2D eigenvalue weighted by Gasteiger charge is -2.10. The van der Waals surface area contributed by atoms with Crippen LogP contribution in [0.2, 0.25) is 5.02 Å². The molecule has 0 spiro atoms. The maximum absolute atomic E-state index is 11.8. The van der Waals surface area contributed by atoms with Crippen LogP contribution >= 0.6 is 11.6 Å². The summed E-state index contributed by atoms with van der Waals surface area (Å²) in [4.78, 5) is 11.8. The number of para-hydroxylation sites is 1. The summed E-state index contributed by atoms with van der Waals surface area (Å²) >= 11 is 5.95. The predicted molar refractivity (Wildman–Crippen MR) is 79.7 cm³/mol. The molecule has 0 saturated heterocycles. The Morgan fingerprint density at radius 3 is 2.58 bits per heavy atom. The topological polar surface area (TPSA) is 67.2 Å². The molecule has 2 rings (SSSR count). The highest BCUT2D eigenvalue weighted by Crippen LogP contribution is 2.21. The van der Waals surface area contributed by atoms with Crippen LogP contribution in [0.25, 0.3) is 0 Å². The number of hydrogen-bond donors (Lipinski definition) is 3. The maximum Gasteiger partial charge on any atom is 0.323 e. The minimum Gasteiger partial charge on any atom is -0.398 e. The van der Waals surface area contributed by atoms with E-state index in [1.54, 1.807) is 36.4 Å². The van der Waals surface area contributed by atoms with Crippen LogP contribution in [0.5, 0.6) is 0 Å². The molecule has 2 aromatic rings. The zero-order valence-electron chi connectivity index (χ0n) is 10.4. The summed E-state index contributed by atoms with van der Waals surface area (Å²) < 4.78 is 0. The molecule has 0 aromatic heterocycles. The van der Waals surface area contributed by atoms with E-state index in [4.69, 9.17) is 17.3 Å². The molecule has 0 aliphatic heterocycles. The molecule has 98 valence electrons. The van der Waals surface area contributed by atoms with Gasteiger partial charge in [-0.3, -0.25) is 0 Å². The highest BCUT2D eigenvalue weighted by molar-refractivity contribution is 6.33. The van der Waals surface area contributed by atoms with Gasteiger partial charge in [0.15, 0.2) is 0 Å². The molecule has 0 aliphatic carbocycles. The number of nitrogens with two attached hydrogens (primary N) is 1. The number of halogens is 1. The Balaban J connectivity index is 2.05. The number of amides is 2. The van der Waals surface area contributed by atoms with E-state index in [-0.39, 0.29) is 6.03 Å². The minimum atomic E-state index is -0.364. The van der Waals surface area contributed by atoms with Crippen molar-refractivity contribution < 1.29 is 4.79 Å². The molecule has 0 fully saturated rings. The molecule has 0 heterocycles. The number of nitrogens with one attached hydrogen (secondary N) is 2. The largest absolute Gasteiger partial charge is 0.398 e. The number of rotatable bonds is 2. The second-order valence-electron chi connectivity index (χ2n) is 4.13. The molecule has 4 nitrogen and oxygen atoms in total. The molecule has 5 heteroatoms. The van der Waals surface area contributed by atoms with Gasteiger partial charge < -0.3 is 16.4 Å². The number of anilines is 3. The van der Waals surface area contributed by atoms with Gasteiger partial charge >= 0.3 is 6.03 Å². The summed E-state index contributed by atoms with van der Waals surface area (Å²) in [5.41, 5.74) is 8.57. The second-order valence-corrected chi connectivity index (χ2v) is 4.54. The monoisotopic (exact) mass is 275 g/mol. The minimum absolute atomic E-state index is 0.364. The van der Waals surface area contributed by atoms with E-state index in [9.17, 15) is 4.79 Å². The Kier molecular flexibility index (Phi) is 3.92. The van der Waals surface area contributed by atoms with Gasteiger partial charge in [-0.15, -0.1) is 0 Å². The van der Waals surface area contributed by atoms with E-state index in [0.29, 0.717) is 22.1 Å². The number of aryl methyl sites for hydroxylation is 1. The van der Waals surface area contributed by atoms with Gasteiger partial charge in [-0.1, -0.05) is 29.8 Å². The molecule has 0 radical (unpaired) electrons. The fraction of sp³-hybridized carbons (Fsp3) is 0.0714. The molecule has 0 aliphatic rings. The fourth-order valence-electron chi connectivity index (χ4n) is 1.57. The molecular weight excluding hydrogens is 262 g/mol. The number of carbonyl (C=O) groups is 1. The third-order valence-electron chi connectivity index (χ3n) is 2.66. The molecule has 0 saturated carbocycles. The molecule has 4 N–H and O–H groups in total. The average Bonchev–Trinajstić information content (AvgIpc) is 2.37. The van der Waals surface area contributed by atoms with Crippen molar-refractivity contribution in [1.82, 2.24) is 0 Å². The van der Waals surface area contributed by atoms with Crippen molar-refractivity contribution in [3.05, 3.63) is 53.1 Å². The van der Waals surface area contributed by atoms with Crippen molar-refractivity contribution in [2.45, 2.75) is 6.92 Å². The molecule has 0 unspecified atom stereocenters. The van der Waals surface area contributed by atoms with E-state index >= 15 is 0 Å². The first-order chi connectivity index (χ1) is 9.06. The first kappa shape index (κ1) is 13.2. The van der Waals surface area contributed by atoms with Gasteiger partial charge in [0.1, 0.15) is 0 Å². The van der Waals surface area contributed by atoms with Gasteiger partial charge in [0, 0.05) is 11.4 Å². The van der Waals surface area contributed by atoms with Gasteiger partial charge in [0.05, 0.1) is 10.7 Å². The lowest BCUT2D eigenvalue weighted by Crippen LogP contribution is -2.19. The summed E-state index contributed by atoms with van der Waals surface area (Å²) in [6.07, 6.45) is 0. The van der Waals surface area contributed by atoms with Crippen LogP contribution in [-0.4, -0.2) is 6.03 Å². The van der Waals surface area contributed by atoms with E-state index in [1.165, 1.54) is 0 Å². The standard InChI is InChI=1S/C14H14ClN3O/c1-9-6-7-10(8-12(9)16)17-14(19)18-13-5-3-2-4-11(13)15/h2-8H,16H2,1H3,(H2,17,18,19). The second kappa shape index (κ2) is 5.63. The number of nitrogen functional groups attached to an aromatic ring is 1. The fourth-order valence-corrected chi connectivity index (χ4v) is 1.75. The molecule has 0 bridgehead atoms. The number of hydrogen-bond acceptors (Lipinski definition) is 2. The highest BCUT2D eigenvalue weighted by atomic mass is 35.5. The number of benzene rings is 2. The normalized spacial score (nSPS) is 10.0. The van der Waals surface area contributed by atoms with Crippen LogP contribution in [0.1, 0.15) is 5.56 Å². The summed E-state index contributed by atoms with van der Waals surface area (Å²) in [6.45, 7) is 1.91. The van der Waals surface area contributed by atoms with Gasteiger partial charge in [0.25, 0.3) is 0 Å². The van der Waals surface area contributed by atoms with Crippen molar-refractivity contribution in [1.29, 1.82) is 0 Å². The molecule has 19 heavy (non-hydrogen) atoms. The van der Waals surface area contributed by atoms with E-state index in [1.807, 2.05) is 13.0 Å². The molecule has 2 amide bonds. The third kappa shape index (κ3) is 3.39. The van der Waals surface area contributed by atoms with E-state index in [2.05, 4.69) is 10.6 Å². The maximum atomic E-state index is 11.8. The summed E-state index contributed by atoms with van der Waals surface area (Å²) in [5, 5.41) is 5.85. The molecule has 0 atom stereocenters. The Bertz CT molecular complexity index is 613. The molecular formula is C14H14ClN3O. The lowest BCUT2D eigenvalue weighted by atomic mass is 10.2. The highest BCUT2D eigenvalue weighted by Gasteiger charge is 2.05. The zero-order chi connectivity index (χ0) is 13.8. The van der Waals surface area contributed by atoms with Crippen molar-refractivity contribution in [2.24, 2.45) is 0 Å². The molecule has 2 aromatic carbocycles. The lowest BCUT2D eigenvalue weighted by molar-refractivity contribution is 0.262. The van der Waals surface area contributed by atoms with Gasteiger partial charge in [0.2, 0.25) is 0 Å². The third-order valence-corrected chi connectivity index (χ3v) is 2.99. The smallest absolute Gasteiger partial charge is 0.323 e. The Labute approximate surface area is 116 Å². The van der Waals surface area contributed by atoms with E-state index in [0.717, 1.165) is 5.56 Å². The van der Waals surface area contributed by atoms with E-state index < -0.39 is 0 Å². The van der Waals surface area contributed by atoms with Crippen LogP contribution in [0.15, 0.2) is 42.5 Å². The van der Waals surface area contributed by atoms with Gasteiger partial charge in [-0.05, 0) is 36.8 Å². The first-order valence-corrected chi connectivity index (χ1v) is 6.13. The van der Waals surface area contributed by atoms with Crippen LogP contribution in [0, 0.1) is 6.92 Å². The van der Waals surface area contributed by atoms with Crippen molar-refractivity contribution in [3.8, 4) is 0 Å². The quantitative estimate of drug-likeness (QED) is 0.728.